The van der Waals surface area contributed by atoms with Crippen molar-refractivity contribution in [2.75, 3.05) is 11.2 Å². The minimum Gasteiger partial charge on any atom is -0.369 e. The first kappa shape index (κ1) is 10.7. The first-order valence-electron chi connectivity index (χ1n) is 3.85. The third kappa shape index (κ3) is 3.19. The number of aryl methyl sites for hydroxylation is 1. The fourth-order valence-electron chi connectivity index (χ4n) is 0.823. The highest BCUT2D eigenvalue weighted by atomic mass is 32.2. The number of nitrogen functional groups attached to an aromatic ring is 1. The minimum absolute atomic E-state index is 0.195. The monoisotopic (exact) mass is 213 g/mol. The molecule has 1 aromatic heterocycles. The van der Waals surface area contributed by atoms with Gasteiger partial charge in [-0.25, -0.2) is 15.8 Å². The van der Waals surface area contributed by atoms with Crippen molar-refractivity contribution in [3.05, 3.63) is 11.8 Å². The number of rotatable bonds is 4. The number of hydrazine groups is 1. The van der Waals surface area contributed by atoms with Crippen LogP contribution in [0.5, 0.6) is 0 Å². The lowest BCUT2D eigenvalue weighted by Crippen LogP contribution is -2.14. The zero-order chi connectivity index (χ0) is 10.6. The van der Waals surface area contributed by atoms with Crippen LogP contribution in [0.3, 0.4) is 0 Å². The first-order valence-corrected chi connectivity index (χ1v) is 4.84. The average molecular weight is 213 g/mol. The van der Waals surface area contributed by atoms with Gasteiger partial charge in [-0.2, -0.15) is 0 Å². The summed E-state index contributed by atoms with van der Waals surface area (Å²) in [4.78, 5) is 18.6. The second-order valence-corrected chi connectivity index (χ2v) is 3.57. The molecule has 7 heteroatoms. The molecule has 0 unspecified atom stereocenters. The van der Waals surface area contributed by atoms with Gasteiger partial charge in [0.05, 0.1) is 5.75 Å². The molecule has 0 fully saturated rings. The topological polar surface area (TPSA) is 107 Å². The fourth-order valence-corrected chi connectivity index (χ4v) is 1.52. The van der Waals surface area contributed by atoms with Crippen LogP contribution in [0.25, 0.3) is 0 Å². The number of primary amides is 1. The number of carbonyl (C=O) groups excluding carboxylic acids is 1. The van der Waals surface area contributed by atoms with E-state index in [1.165, 1.54) is 11.8 Å². The molecule has 0 saturated carbocycles. The molecule has 1 amide bonds. The zero-order valence-corrected chi connectivity index (χ0v) is 8.47. The van der Waals surface area contributed by atoms with Crippen molar-refractivity contribution in [2.24, 2.45) is 11.6 Å². The molecule has 1 aromatic rings. The van der Waals surface area contributed by atoms with Gasteiger partial charge >= 0.3 is 0 Å². The Morgan fingerprint density at radius 1 is 1.64 bits per heavy atom. The summed E-state index contributed by atoms with van der Waals surface area (Å²) in [6, 6.07) is 1.76. The van der Waals surface area contributed by atoms with Crippen molar-refractivity contribution in [2.45, 2.75) is 11.9 Å². The van der Waals surface area contributed by atoms with E-state index in [1.54, 1.807) is 6.07 Å². The predicted octanol–water partition coefficient (Wildman–Crippen LogP) is -0.352. The molecule has 1 rings (SSSR count). The summed E-state index contributed by atoms with van der Waals surface area (Å²) in [5, 5.41) is 0.671. The maximum absolute atomic E-state index is 10.5. The third-order valence-electron chi connectivity index (χ3n) is 1.32. The molecule has 14 heavy (non-hydrogen) atoms. The van der Waals surface area contributed by atoms with Crippen molar-refractivity contribution >= 4 is 23.6 Å². The molecular formula is C7H11N5OS. The van der Waals surface area contributed by atoms with Crippen LogP contribution in [-0.2, 0) is 4.79 Å². The number of nitrogens with two attached hydrogens (primary N) is 2. The summed E-state index contributed by atoms with van der Waals surface area (Å²) >= 11 is 1.25. The van der Waals surface area contributed by atoms with E-state index in [0.29, 0.717) is 11.0 Å². The smallest absolute Gasteiger partial charge is 0.238 e. The van der Waals surface area contributed by atoms with Crippen molar-refractivity contribution in [3.63, 3.8) is 0 Å². The number of thioether (sulfide) groups is 1. The van der Waals surface area contributed by atoms with Crippen molar-refractivity contribution in [1.82, 2.24) is 9.97 Å². The van der Waals surface area contributed by atoms with Crippen LogP contribution in [0, 0.1) is 6.92 Å². The van der Waals surface area contributed by atoms with Gasteiger partial charge in [0.1, 0.15) is 5.03 Å². The molecule has 5 N–H and O–H groups in total. The number of aromatic nitrogens is 2. The molecule has 0 atom stereocenters. The van der Waals surface area contributed by atoms with Crippen molar-refractivity contribution in [1.29, 1.82) is 0 Å². The highest BCUT2D eigenvalue weighted by molar-refractivity contribution is 7.99. The summed E-state index contributed by atoms with van der Waals surface area (Å²) in [6.45, 7) is 1.82. The predicted molar refractivity (Wildman–Crippen MR) is 54.5 cm³/mol. The molecule has 0 aromatic carbocycles. The van der Waals surface area contributed by atoms with Crippen molar-refractivity contribution in [3.8, 4) is 0 Å². The average Bonchev–Trinajstić information content (AvgIpc) is 2.14. The Morgan fingerprint density at radius 2 is 2.36 bits per heavy atom. The maximum atomic E-state index is 10.5. The van der Waals surface area contributed by atoms with Crippen molar-refractivity contribution < 1.29 is 4.79 Å². The molecule has 0 radical (unpaired) electrons. The van der Waals surface area contributed by atoms with E-state index in [1.807, 2.05) is 6.92 Å². The summed E-state index contributed by atoms with van der Waals surface area (Å²) < 4.78 is 0. The number of amides is 1. The molecule has 0 aliphatic carbocycles. The number of anilines is 1. The third-order valence-corrected chi connectivity index (χ3v) is 2.26. The Morgan fingerprint density at radius 3 is 2.93 bits per heavy atom. The number of carbonyl (C=O) groups is 1. The number of nitrogens with one attached hydrogen (secondary N) is 1. The number of hydrogen-bond acceptors (Lipinski definition) is 6. The van der Waals surface area contributed by atoms with E-state index in [0.717, 1.165) is 5.69 Å². The van der Waals surface area contributed by atoms with Gasteiger partial charge in [0, 0.05) is 5.69 Å². The summed E-state index contributed by atoms with van der Waals surface area (Å²) in [6.07, 6.45) is 0. The SMILES string of the molecule is Cc1cc(SCC(N)=O)nc(NN)n1. The number of hydrogen-bond donors (Lipinski definition) is 3. The molecule has 6 nitrogen and oxygen atoms in total. The van der Waals surface area contributed by atoms with E-state index < -0.39 is 0 Å². The van der Waals surface area contributed by atoms with Crippen LogP contribution >= 0.6 is 11.8 Å². The van der Waals surface area contributed by atoms with Gasteiger partial charge < -0.3 is 5.73 Å². The van der Waals surface area contributed by atoms with Gasteiger partial charge in [-0.05, 0) is 13.0 Å². The van der Waals surface area contributed by atoms with Crippen LogP contribution in [-0.4, -0.2) is 21.6 Å². The molecule has 0 aliphatic heterocycles. The lowest BCUT2D eigenvalue weighted by molar-refractivity contribution is -0.115. The first-order chi connectivity index (χ1) is 6.61. The van der Waals surface area contributed by atoms with Gasteiger partial charge in [-0.1, -0.05) is 11.8 Å². The quantitative estimate of drug-likeness (QED) is 0.273. The van der Waals surface area contributed by atoms with Crippen LogP contribution in [0.1, 0.15) is 5.69 Å². The lowest BCUT2D eigenvalue weighted by Gasteiger charge is -2.03. The van der Waals surface area contributed by atoms with E-state index >= 15 is 0 Å². The van der Waals surface area contributed by atoms with Gasteiger partial charge in [-0.3, -0.25) is 10.2 Å². The molecule has 0 aliphatic rings. The van der Waals surface area contributed by atoms with Crippen LogP contribution in [0.2, 0.25) is 0 Å². The molecule has 76 valence electrons. The maximum Gasteiger partial charge on any atom is 0.238 e. The number of nitrogens with zero attached hydrogens (tertiary/aromatic N) is 2. The Hall–Kier alpha value is -1.34. The molecule has 0 spiro atoms. The van der Waals surface area contributed by atoms with E-state index in [2.05, 4.69) is 15.4 Å². The molecule has 0 saturated heterocycles. The van der Waals surface area contributed by atoms with Crippen LogP contribution < -0.4 is 17.0 Å². The summed E-state index contributed by atoms with van der Waals surface area (Å²) in [7, 11) is 0. The fraction of sp³-hybridized carbons (Fsp3) is 0.286. The van der Waals surface area contributed by atoms with Crippen LogP contribution in [0.4, 0.5) is 5.95 Å². The highest BCUT2D eigenvalue weighted by Gasteiger charge is 2.03. The van der Waals surface area contributed by atoms with Crippen LogP contribution in [0.15, 0.2) is 11.1 Å². The normalized spacial score (nSPS) is 9.86. The van der Waals surface area contributed by atoms with E-state index in [4.69, 9.17) is 11.6 Å². The molecule has 1 heterocycles. The second kappa shape index (κ2) is 4.77. The second-order valence-electron chi connectivity index (χ2n) is 2.57. The molecular weight excluding hydrogens is 202 g/mol. The largest absolute Gasteiger partial charge is 0.369 e. The van der Waals surface area contributed by atoms with Gasteiger partial charge in [0.25, 0.3) is 0 Å². The van der Waals surface area contributed by atoms with E-state index in [9.17, 15) is 4.79 Å². The zero-order valence-electron chi connectivity index (χ0n) is 7.65. The standard InChI is InChI=1S/C7H11N5OS/c1-4-2-6(14-3-5(8)13)11-7(10-4)12-9/h2H,3,9H2,1H3,(H2,8,13)(H,10,11,12). The lowest BCUT2D eigenvalue weighted by atomic mass is 10.5. The summed E-state index contributed by atoms with van der Waals surface area (Å²) in [5.41, 5.74) is 8.13. The minimum atomic E-state index is -0.381. The summed E-state index contributed by atoms with van der Waals surface area (Å²) in [5.74, 6) is 5.31. The van der Waals surface area contributed by atoms with Gasteiger partial charge in [-0.15, -0.1) is 0 Å². The van der Waals surface area contributed by atoms with Gasteiger partial charge in [0.15, 0.2) is 0 Å². The Balaban J connectivity index is 2.76. The Labute approximate surface area is 85.4 Å². The Kier molecular flexibility index (Phi) is 3.66. The van der Waals surface area contributed by atoms with E-state index in [-0.39, 0.29) is 11.7 Å². The van der Waals surface area contributed by atoms with Gasteiger partial charge in [0.2, 0.25) is 11.9 Å². The molecule has 0 bridgehead atoms. The Bertz CT molecular complexity index is 343. The highest BCUT2D eigenvalue weighted by Crippen LogP contribution is 2.16.